The predicted molar refractivity (Wildman–Crippen MR) is 85.4 cm³/mol. The molecule has 0 unspecified atom stereocenters. The number of carbonyl (C=O) groups excluding carboxylic acids is 1. The van der Waals surface area contributed by atoms with Crippen molar-refractivity contribution in [2.75, 3.05) is 26.2 Å². The molecule has 1 saturated carbocycles. The molecule has 0 radical (unpaired) electrons. The molecule has 1 saturated heterocycles. The van der Waals surface area contributed by atoms with Crippen molar-refractivity contribution in [3.05, 3.63) is 35.9 Å². The van der Waals surface area contributed by atoms with E-state index in [1.54, 1.807) is 0 Å². The second kappa shape index (κ2) is 8.17. The quantitative estimate of drug-likeness (QED) is 0.697. The number of rotatable bonds is 4. The van der Waals surface area contributed by atoms with Crippen molar-refractivity contribution in [1.29, 1.82) is 0 Å². The van der Waals surface area contributed by atoms with Crippen LogP contribution in [-0.2, 0) is 11.1 Å². The predicted octanol–water partition coefficient (Wildman–Crippen LogP) is -0.557. The van der Waals surface area contributed by atoms with Gasteiger partial charge in [-0.25, -0.2) is 0 Å². The molecular formula is C15H25BN2O3. The Hall–Kier alpha value is -1.37. The standard InChI is InChI=1S/C15H21BN2O.2H2O/c19-15(14-6-7-14)17-8-10-18(11-9-17)16-12-13-4-2-1-3-5-13;;/h1-5,14,16H,6-12H2;2*1H2. The van der Waals surface area contributed by atoms with Gasteiger partial charge in [0.2, 0.25) is 13.3 Å². The van der Waals surface area contributed by atoms with Gasteiger partial charge in [0.05, 0.1) is 0 Å². The minimum Gasteiger partial charge on any atom is -0.412 e. The van der Waals surface area contributed by atoms with Crippen molar-refractivity contribution in [3.8, 4) is 0 Å². The third kappa shape index (κ3) is 4.84. The highest BCUT2D eigenvalue weighted by Crippen LogP contribution is 2.31. The lowest BCUT2D eigenvalue weighted by Crippen LogP contribution is -2.50. The molecule has 0 bridgehead atoms. The number of nitrogens with zero attached hydrogens (tertiary/aromatic N) is 2. The van der Waals surface area contributed by atoms with Gasteiger partial charge in [-0.2, -0.15) is 0 Å². The van der Waals surface area contributed by atoms with E-state index in [0.717, 1.165) is 52.8 Å². The number of hydrogen-bond acceptors (Lipinski definition) is 2. The fourth-order valence-corrected chi connectivity index (χ4v) is 2.71. The Morgan fingerprint density at radius 3 is 2.24 bits per heavy atom. The van der Waals surface area contributed by atoms with Gasteiger partial charge < -0.3 is 20.7 Å². The lowest BCUT2D eigenvalue weighted by molar-refractivity contribution is -0.133. The Morgan fingerprint density at radius 1 is 1.05 bits per heavy atom. The molecule has 1 aliphatic carbocycles. The molecule has 5 nitrogen and oxygen atoms in total. The summed E-state index contributed by atoms with van der Waals surface area (Å²) in [4.78, 5) is 16.5. The number of piperazine rings is 1. The van der Waals surface area contributed by atoms with Crippen LogP contribution in [0.25, 0.3) is 0 Å². The molecule has 116 valence electrons. The van der Waals surface area contributed by atoms with Gasteiger partial charge in [0, 0.05) is 32.1 Å². The van der Waals surface area contributed by atoms with Crippen LogP contribution in [0.4, 0.5) is 0 Å². The Labute approximate surface area is 126 Å². The Bertz CT molecular complexity index is 432. The first-order valence-electron chi connectivity index (χ1n) is 7.38. The second-order valence-electron chi connectivity index (χ2n) is 5.68. The summed E-state index contributed by atoms with van der Waals surface area (Å²) in [5.41, 5.74) is 1.40. The molecule has 1 amide bonds. The molecule has 4 N–H and O–H groups in total. The SMILES string of the molecule is O.O.O=C(C1CC1)N1CCN(BCc2ccccc2)CC1. The molecule has 1 aliphatic heterocycles. The zero-order valence-electron chi connectivity index (χ0n) is 12.4. The summed E-state index contributed by atoms with van der Waals surface area (Å²) in [7, 11) is 1.11. The van der Waals surface area contributed by atoms with E-state index >= 15 is 0 Å². The minimum atomic E-state index is 0. The van der Waals surface area contributed by atoms with Crippen LogP contribution in [0.2, 0.25) is 0 Å². The Morgan fingerprint density at radius 2 is 1.67 bits per heavy atom. The van der Waals surface area contributed by atoms with Crippen molar-refractivity contribution in [1.82, 2.24) is 9.71 Å². The first-order chi connectivity index (χ1) is 9.33. The molecule has 3 rings (SSSR count). The highest BCUT2D eigenvalue weighted by molar-refractivity contribution is 6.31. The van der Waals surface area contributed by atoms with Crippen LogP contribution >= 0.6 is 0 Å². The monoisotopic (exact) mass is 292 g/mol. The third-order valence-corrected chi connectivity index (χ3v) is 4.17. The van der Waals surface area contributed by atoms with E-state index < -0.39 is 0 Å². The molecule has 6 heteroatoms. The molecule has 1 aromatic carbocycles. The number of hydrogen-bond donors (Lipinski definition) is 0. The fraction of sp³-hybridized carbons (Fsp3) is 0.533. The van der Waals surface area contributed by atoms with Gasteiger partial charge in [-0.1, -0.05) is 35.9 Å². The van der Waals surface area contributed by atoms with Gasteiger partial charge in [0.25, 0.3) is 0 Å². The summed E-state index contributed by atoms with van der Waals surface area (Å²) in [5, 5.41) is 0. The fourth-order valence-electron chi connectivity index (χ4n) is 2.71. The summed E-state index contributed by atoms with van der Waals surface area (Å²) < 4.78 is 0. The number of amides is 1. The van der Waals surface area contributed by atoms with Crippen molar-refractivity contribution >= 4 is 13.3 Å². The minimum absolute atomic E-state index is 0. The topological polar surface area (TPSA) is 86.5 Å². The molecule has 1 aromatic rings. The highest BCUT2D eigenvalue weighted by atomic mass is 16.2. The van der Waals surface area contributed by atoms with E-state index in [2.05, 4.69) is 40.0 Å². The maximum atomic E-state index is 12.0. The normalized spacial score (nSPS) is 18.4. The molecule has 21 heavy (non-hydrogen) atoms. The van der Waals surface area contributed by atoms with Gasteiger partial charge in [-0.3, -0.25) is 4.79 Å². The van der Waals surface area contributed by atoms with E-state index in [1.807, 2.05) is 0 Å². The van der Waals surface area contributed by atoms with E-state index in [4.69, 9.17) is 0 Å². The van der Waals surface area contributed by atoms with Crippen LogP contribution in [0.1, 0.15) is 18.4 Å². The van der Waals surface area contributed by atoms with Crippen LogP contribution in [0.5, 0.6) is 0 Å². The third-order valence-electron chi connectivity index (χ3n) is 4.17. The highest BCUT2D eigenvalue weighted by Gasteiger charge is 2.34. The number of benzene rings is 1. The average molecular weight is 292 g/mol. The largest absolute Gasteiger partial charge is 0.412 e. The lowest BCUT2D eigenvalue weighted by Gasteiger charge is -2.34. The van der Waals surface area contributed by atoms with Crippen LogP contribution in [-0.4, -0.2) is 60.2 Å². The van der Waals surface area contributed by atoms with E-state index in [9.17, 15) is 4.79 Å². The van der Waals surface area contributed by atoms with Gasteiger partial charge in [0.15, 0.2) is 0 Å². The molecule has 0 spiro atoms. The van der Waals surface area contributed by atoms with Crippen molar-refractivity contribution in [3.63, 3.8) is 0 Å². The Balaban J connectivity index is 0.00000110. The first kappa shape index (κ1) is 17.7. The molecule has 0 atom stereocenters. The summed E-state index contributed by atoms with van der Waals surface area (Å²) in [6.45, 7) is 3.91. The lowest BCUT2D eigenvalue weighted by atomic mass is 9.81. The molecular weight excluding hydrogens is 267 g/mol. The number of carbonyl (C=O) groups is 1. The maximum absolute atomic E-state index is 12.0. The van der Waals surface area contributed by atoms with E-state index in [1.165, 1.54) is 5.56 Å². The maximum Gasteiger partial charge on any atom is 0.225 e. The second-order valence-corrected chi connectivity index (χ2v) is 5.68. The van der Waals surface area contributed by atoms with Crippen molar-refractivity contribution in [2.45, 2.75) is 19.2 Å². The summed E-state index contributed by atoms with van der Waals surface area (Å²) in [6, 6.07) is 10.6. The molecule has 2 fully saturated rings. The van der Waals surface area contributed by atoms with Gasteiger partial charge in [-0.05, 0) is 19.2 Å². The van der Waals surface area contributed by atoms with Gasteiger partial charge in [-0.15, -0.1) is 0 Å². The van der Waals surface area contributed by atoms with Gasteiger partial charge in [0.1, 0.15) is 0 Å². The first-order valence-corrected chi connectivity index (χ1v) is 7.38. The Kier molecular flexibility index (Phi) is 6.88. The molecule has 0 aromatic heterocycles. The van der Waals surface area contributed by atoms with Gasteiger partial charge >= 0.3 is 0 Å². The molecule has 2 aliphatic rings. The van der Waals surface area contributed by atoms with Crippen LogP contribution in [0.15, 0.2) is 30.3 Å². The van der Waals surface area contributed by atoms with Crippen molar-refractivity contribution in [2.24, 2.45) is 5.92 Å². The van der Waals surface area contributed by atoms with Crippen LogP contribution in [0, 0.1) is 5.92 Å². The smallest absolute Gasteiger partial charge is 0.225 e. The van der Waals surface area contributed by atoms with Crippen molar-refractivity contribution < 1.29 is 15.7 Å². The summed E-state index contributed by atoms with van der Waals surface area (Å²) in [6.07, 6.45) is 3.34. The van der Waals surface area contributed by atoms with E-state index in [-0.39, 0.29) is 11.0 Å². The zero-order chi connectivity index (χ0) is 13.1. The summed E-state index contributed by atoms with van der Waals surface area (Å²) >= 11 is 0. The molecule has 1 heterocycles. The summed E-state index contributed by atoms with van der Waals surface area (Å²) in [5.74, 6) is 0.776. The van der Waals surface area contributed by atoms with E-state index in [0.29, 0.717) is 11.8 Å². The zero-order valence-corrected chi connectivity index (χ0v) is 12.4. The van der Waals surface area contributed by atoms with Crippen LogP contribution in [0.3, 0.4) is 0 Å². The van der Waals surface area contributed by atoms with Crippen LogP contribution < -0.4 is 0 Å². The average Bonchev–Trinajstić information content (AvgIpc) is 3.31.